The van der Waals surface area contributed by atoms with Gasteiger partial charge in [0.1, 0.15) is 0 Å². The van der Waals surface area contributed by atoms with E-state index in [4.69, 9.17) is 28.9 Å². The molecule has 2 unspecified atom stereocenters. The van der Waals surface area contributed by atoms with Crippen molar-refractivity contribution in [1.82, 2.24) is 0 Å². The maximum Gasteiger partial charge on any atom is 0.0633 e. The Hall–Kier alpha value is -0.0900. The Morgan fingerprint density at radius 3 is 2.73 bits per heavy atom. The Morgan fingerprint density at radius 2 is 2.13 bits per heavy atom. The van der Waals surface area contributed by atoms with Crippen molar-refractivity contribution in [2.75, 3.05) is 5.75 Å². The third kappa shape index (κ3) is 4.11. The molecule has 0 spiro atoms. The molecule has 1 aromatic rings. The summed E-state index contributed by atoms with van der Waals surface area (Å²) in [5.41, 5.74) is 6.37. The summed E-state index contributed by atoms with van der Waals surface area (Å²) >= 11 is 11.8. The number of nitrogens with two attached hydrogens (primary N) is 1. The molecule has 84 valence electrons. The Kier molecular flexibility index (Phi) is 5.06. The monoisotopic (exact) mass is 265 g/mol. The second-order valence-electron chi connectivity index (χ2n) is 3.44. The molecule has 0 fully saturated rings. The van der Waals surface area contributed by atoms with E-state index in [1.807, 2.05) is 13.0 Å². The van der Waals surface area contributed by atoms with Crippen LogP contribution in [0.2, 0.25) is 10.0 Å². The lowest BCUT2D eigenvalue weighted by molar-refractivity contribution is 0.676. The normalized spacial score (nSPS) is 14.9. The van der Waals surface area contributed by atoms with Crippen LogP contribution < -0.4 is 5.73 Å². The predicted octanol–water partition coefficient (Wildman–Crippen LogP) is 2.59. The lowest BCUT2D eigenvalue weighted by Gasteiger charge is -2.07. The minimum Gasteiger partial charge on any atom is -0.327 e. The Balaban J connectivity index is 2.73. The van der Waals surface area contributed by atoms with E-state index in [-0.39, 0.29) is 6.04 Å². The standard InChI is InChI=1S/C10H13Cl2NOS/c1-7(13)5-15(14)6-8-3-2-4-9(11)10(8)12/h2-4,7H,5-6,13H2,1H3. The molecule has 0 amide bonds. The molecule has 2 atom stereocenters. The summed E-state index contributed by atoms with van der Waals surface area (Å²) in [5.74, 6) is 0.879. The van der Waals surface area contributed by atoms with Crippen LogP contribution in [0.5, 0.6) is 0 Å². The van der Waals surface area contributed by atoms with Crippen LogP contribution >= 0.6 is 23.2 Å². The second kappa shape index (κ2) is 5.85. The first-order chi connectivity index (χ1) is 7.00. The van der Waals surface area contributed by atoms with Crippen LogP contribution in [0.3, 0.4) is 0 Å². The van der Waals surface area contributed by atoms with Crippen molar-refractivity contribution < 1.29 is 4.21 Å². The van der Waals surface area contributed by atoms with E-state index in [9.17, 15) is 4.21 Å². The molecule has 2 nitrogen and oxygen atoms in total. The van der Waals surface area contributed by atoms with E-state index < -0.39 is 10.8 Å². The highest BCUT2D eigenvalue weighted by atomic mass is 35.5. The van der Waals surface area contributed by atoms with E-state index in [1.165, 1.54) is 0 Å². The average molecular weight is 266 g/mol. The van der Waals surface area contributed by atoms with E-state index in [0.29, 0.717) is 21.6 Å². The topological polar surface area (TPSA) is 43.1 Å². The molecular weight excluding hydrogens is 253 g/mol. The fraction of sp³-hybridized carbons (Fsp3) is 0.400. The number of halogens is 2. The average Bonchev–Trinajstić information content (AvgIpc) is 2.11. The number of hydrogen-bond donors (Lipinski definition) is 1. The molecule has 0 aliphatic heterocycles. The summed E-state index contributed by atoms with van der Waals surface area (Å²) in [6.07, 6.45) is 0. The van der Waals surface area contributed by atoms with Gasteiger partial charge in [0, 0.05) is 22.6 Å². The molecule has 0 heterocycles. The third-order valence-electron chi connectivity index (χ3n) is 1.80. The molecule has 0 saturated heterocycles. The van der Waals surface area contributed by atoms with Crippen LogP contribution in [0.4, 0.5) is 0 Å². The molecule has 5 heteroatoms. The zero-order valence-corrected chi connectivity index (χ0v) is 10.7. The molecular formula is C10H13Cl2NOS. The SMILES string of the molecule is CC(N)CS(=O)Cc1cccc(Cl)c1Cl. The molecule has 1 aromatic carbocycles. The highest BCUT2D eigenvalue weighted by molar-refractivity contribution is 7.84. The van der Waals surface area contributed by atoms with Gasteiger partial charge in [-0.1, -0.05) is 35.3 Å². The van der Waals surface area contributed by atoms with E-state index >= 15 is 0 Å². The van der Waals surface area contributed by atoms with Gasteiger partial charge >= 0.3 is 0 Å². The van der Waals surface area contributed by atoms with Gasteiger partial charge in [-0.2, -0.15) is 0 Å². The van der Waals surface area contributed by atoms with Crippen molar-refractivity contribution in [3.63, 3.8) is 0 Å². The fourth-order valence-electron chi connectivity index (χ4n) is 1.19. The minimum atomic E-state index is -0.988. The lowest BCUT2D eigenvalue weighted by Crippen LogP contribution is -2.23. The highest BCUT2D eigenvalue weighted by Crippen LogP contribution is 2.26. The molecule has 2 N–H and O–H groups in total. The summed E-state index contributed by atoms with van der Waals surface area (Å²) in [6.45, 7) is 1.83. The van der Waals surface area contributed by atoms with Crippen molar-refractivity contribution in [3.8, 4) is 0 Å². The van der Waals surface area contributed by atoms with Crippen LogP contribution in [-0.2, 0) is 16.6 Å². The van der Waals surface area contributed by atoms with E-state index in [2.05, 4.69) is 0 Å². The maximum atomic E-state index is 11.6. The van der Waals surface area contributed by atoms with Gasteiger partial charge in [0.05, 0.1) is 15.8 Å². The molecule has 0 bridgehead atoms. The first-order valence-electron chi connectivity index (χ1n) is 4.54. The van der Waals surface area contributed by atoms with Crippen LogP contribution in [0.1, 0.15) is 12.5 Å². The van der Waals surface area contributed by atoms with Crippen molar-refractivity contribution in [2.24, 2.45) is 5.73 Å². The minimum absolute atomic E-state index is 0.0659. The van der Waals surface area contributed by atoms with Gasteiger partial charge < -0.3 is 5.73 Å². The van der Waals surface area contributed by atoms with Crippen molar-refractivity contribution >= 4 is 34.0 Å². The van der Waals surface area contributed by atoms with Gasteiger partial charge in [0.15, 0.2) is 0 Å². The number of hydrogen-bond acceptors (Lipinski definition) is 2. The lowest BCUT2D eigenvalue weighted by atomic mass is 10.2. The Labute approximate surface area is 102 Å². The van der Waals surface area contributed by atoms with E-state index in [0.717, 1.165) is 5.56 Å². The van der Waals surface area contributed by atoms with Gasteiger partial charge in [-0.25, -0.2) is 0 Å². The van der Waals surface area contributed by atoms with Crippen LogP contribution in [-0.4, -0.2) is 16.0 Å². The molecule has 0 aliphatic carbocycles. The molecule has 15 heavy (non-hydrogen) atoms. The van der Waals surface area contributed by atoms with Crippen molar-refractivity contribution in [3.05, 3.63) is 33.8 Å². The first kappa shape index (κ1) is 13.0. The van der Waals surface area contributed by atoms with Crippen molar-refractivity contribution in [2.45, 2.75) is 18.7 Å². The Bertz CT molecular complexity index is 368. The molecule has 0 aromatic heterocycles. The summed E-state index contributed by atoms with van der Waals surface area (Å²) in [4.78, 5) is 0. The predicted molar refractivity (Wildman–Crippen MR) is 66.8 cm³/mol. The zero-order chi connectivity index (χ0) is 11.4. The third-order valence-corrected chi connectivity index (χ3v) is 4.19. The molecule has 0 radical (unpaired) electrons. The van der Waals surface area contributed by atoms with Gasteiger partial charge in [0.2, 0.25) is 0 Å². The maximum absolute atomic E-state index is 11.6. The van der Waals surface area contributed by atoms with E-state index in [1.54, 1.807) is 12.1 Å². The summed E-state index contributed by atoms with van der Waals surface area (Å²) in [7, 11) is -0.988. The summed E-state index contributed by atoms with van der Waals surface area (Å²) in [6, 6.07) is 5.27. The fourth-order valence-corrected chi connectivity index (χ4v) is 2.94. The largest absolute Gasteiger partial charge is 0.327 e. The molecule has 0 aliphatic rings. The van der Waals surface area contributed by atoms with Gasteiger partial charge in [-0.05, 0) is 18.6 Å². The quantitative estimate of drug-likeness (QED) is 0.910. The molecule has 1 rings (SSSR count). The molecule has 0 saturated carbocycles. The van der Waals surface area contributed by atoms with Crippen molar-refractivity contribution in [1.29, 1.82) is 0 Å². The number of benzene rings is 1. The summed E-state index contributed by atoms with van der Waals surface area (Å²) < 4.78 is 11.6. The number of rotatable bonds is 4. The highest BCUT2D eigenvalue weighted by Gasteiger charge is 2.09. The zero-order valence-electron chi connectivity index (χ0n) is 8.37. The van der Waals surface area contributed by atoms with Gasteiger partial charge in [-0.3, -0.25) is 4.21 Å². The van der Waals surface area contributed by atoms with Gasteiger partial charge in [-0.15, -0.1) is 0 Å². The van der Waals surface area contributed by atoms with Crippen LogP contribution in [0, 0.1) is 0 Å². The smallest absolute Gasteiger partial charge is 0.0633 e. The van der Waals surface area contributed by atoms with Crippen LogP contribution in [0.15, 0.2) is 18.2 Å². The Morgan fingerprint density at radius 1 is 1.47 bits per heavy atom. The second-order valence-corrected chi connectivity index (χ2v) is 5.73. The summed E-state index contributed by atoms with van der Waals surface area (Å²) in [5, 5.41) is 0.976. The van der Waals surface area contributed by atoms with Crippen LogP contribution in [0.25, 0.3) is 0 Å². The van der Waals surface area contributed by atoms with Gasteiger partial charge in [0.25, 0.3) is 0 Å². The first-order valence-corrected chi connectivity index (χ1v) is 6.78.